The Labute approximate surface area is 172 Å². The zero-order valence-electron chi connectivity index (χ0n) is 16.7. The maximum Gasteiger partial charge on any atom is 0.222 e. The lowest BCUT2D eigenvalue weighted by Crippen LogP contribution is -2.48. The monoisotopic (exact) mass is 397 g/mol. The summed E-state index contributed by atoms with van der Waals surface area (Å²) in [6, 6.07) is 10.4. The minimum absolute atomic E-state index is 0.367. The van der Waals surface area contributed by atoms with E-state index in [0.717, 1.165) is 62.2 Å². The van der Waals surface area contributed by atoms with Gasteiger partial charge in [0.25, 0.3) is 0 Å². The molecule has 2 heterocycles. The number of hydrogen-bond acceptors (Lipinski definition) is 4. The van der Waals surface area contributed by atoms with Gasteiger partial charge < -0.3 is 4.90 Å². The Morgan fingerprint density at radius 3 is 2.54 bits per heavy atom. The first-order valence-corrected chi connectivity index (χ1v) is 11.7. The van der Waals surface area contributed by atoms with Crippen LogP contribution in [0.2, 0.25) is 0 Å². The van der Waals surface area contributed by atoms with Crippen molar-refractivity contribution in [3.8, 4) is 11.3 Å². The molecule has 2 aliphatic rings. The van der Waals surface area contributed by atoms with Gasteiger partial charge >= 0.3 is 0 Å². The molecule has 1 aromatic heterocycles. The van der Waals surface area contributed by atoms with Gasteiger partial charge in [0.1, 0.15) is 5.01 Å². The molecule has 28 heavy (non-hydrogen) atoms. The standard InChI is InChI=1S/C23H31N3OS/c27-23(12-11-19-7-3-1-4-8-19)26-15-13-25(14-16-26)17-22-24-21(18-28-22)20-9-5-2-6-10-20/h2,5-6,9-10,18-19H,1,3-4,7-8,11-17H2. The molecule has 0 bridgehead atoms. The van der Waals surface area contributed by atoms with Gasteiger partial charge in [0.05, 0.1) is 12.2 Å². The molecule has 1 aliphatic carbocycles. The number of piperazine rings is 1. The van der Waals surface area contributed by atoms with Gasteiger partial charge in [0.2, 0.25) is 5.91 Å². The number of carbonyl (C=O) groups is 1. The van der Waals surface area contributed by atoms with Gasteiger partial charge in [-0.25, -0.2) is 4.98 Å². The summed E-state index contributed by atoms with van der Waals surface area (Å²) >= 11 is 1.74. The van der Waals surface area contributed by atoms with Crippen LogP contribution in [0.5, 0.6) is 0 Å². The maximum absolute atomic E-state index is 12.6. The molecule has 4 rings (SSSR count). The van der Waals surface area contributed by atoms with E-state index in [2.05, 4.69) is 39.4 Å². The summed E-state index contributed by atoms with van der Waals surface area (Å²) in [5.74, 6) is 1.16. The fourth-order valence-electron chi connectivity index (χ4n) is 4.43. The summed E-state index contributed by atoms with van der Waals surface area (Å²) in [6.07, 6.45) is 8.62. The third-order valence-electron chi connectivity index (χ3n) is 6.20. The van der Waals surface area contributed by atoms with Crippen molar-refractivity contribution in [1.29, 1.82) is 0 Å². The number of carbonyl (C=O) groups excluding carboxylic acids is 1. The van der Waals surface area contributed by atoms with Gasteiger partial charge in [-0.15, -0.1) is 11.3 Å². The van der Waals surface area contributed by atoms with E-state index < -0.39 is 0 Å². The predicted octanol–water partition coefficient (Wildman–Crippen LogP) is 4.81. The van der Waals surface area contributed by atoms with Crippen LogP contribution in [-0.4, -0.2) is 46.9 Å². The van der Waals surface area contributed by atoms with Crippen LogP contribution < -0.4 is 0 Å². The van der Waals surface area contributed by atoms with E-state index in [0.29, 0.717) is 5.91 Å². The summed E-state index contributed by atoms with van der Waals surface area (Å²) in [5.41, 5.74) is 2.25. The SMILES string of the molecule is O=C(CCC1CCCCC1)N1CCN(Cc2nc(-c3ccccc3)cs2)CC1. The van der Waals surface area contributed by atoms with Crippen molar-refractivity contribution in [3.05, 3.63) is 40.7 Å². The van der Waals surface area contributed by atoms with E-state index in [1.807, 2.05) is 6.07 Å². The van der Waals surface area contributed by atoms with Crippen LogP contribution in [0.3, 0.4) is 0 Å². The number of thiazole rings is 1. The van der Waals surface area contributed by atoms with Crippen molar-refractivity contribution in [1.82, 2.24) is 14.8 Å². The molecule has 1 saturated heterocycles. The Morgan fingerprint density at radius 1 is 1.04 bits per heavy atom. The zero-order chi connectivity index (χ0) is 19.2. The predicted molar refractivity (Wildman–Crippen MR) is 115 cm³/mol. The number of amides is 1. The average Bonchev–Trinajstić information content (AvgIpc) is 3.22. The number of rotatable bonds is 6. The highest BCUT2D eigenvalue weighted by Crippen LogP contribution is 2.27. The molecule has 0 atom stereocenters. The topological polar surface area (TPSA) is 36.4 Å². The van der Waals surface area contributed by atoms with Crippen molar-refractivity contribution in [2.45, 2.75) is 51.5 Å². The Morgan fingerprint density at radius 2 is 1.79 bits per heavy atom. The first-order valence-electron chi connectivity index (χ1n) is 10.8. The second-order valence-electron chi connectivity index (χ2n) is 8.19. The van der Waals surface area contributed by atoms with E-state index in [-0.39, 0.29) is 0 Å². The highest BCUT2D eigenvalue weighted by atomic mass is 32.1. The molecule has 1 saturated carbocycles. The van der Waals surface area contributed by atoms with E-state index in [4.69, 9.17) is 4.98 Å². The molecule has 1 aromatic carbocycles. The molecule has 4 nitrogen and oxygen atoms in total. The van der Waals surface area contributed by atoms with Crippen LogP contribution in [0.1, 0.15) is 50.0 Å². The zero-order valence-corrected chi connectivity index (χ0v) is 17.5. The molecule has 0 radical (unpaired) electrons. The summed E-state index contributed by atoms with van der Waals surface area (Å²) < 4.78 is 0. The fraction of sp³-hybridized carbons (Fsp3) is 0.565. The molecule has 2 fully saturated rings. The summed E-state index contributed by atoms with van der Waals surface area (Å²) in [6.45, 7) is 4.52. The van der Waals surface area contributed by atoms with Crippen LogP contribution in [-0.2, 0) is 11.3 Å². The maximum atomic E-state index is 12.6. The van der Waals surface area contributed by atoms with Gasteiger partial charge in [-0.3, -0.25) is 9.69 Å². The van der Waals surface area contributed by atoms with Gasteiger partial charge in [0, 0.05) is 43.5 Å². The lowest BCUT2D eigenvalue weighted by atomic mass is 9.86. The Kier molecular flexibility index (Phi) is 6.76. The number of aromatic nitrogens is 1. The number of hydrogen-bond donors (Lipinski definition) is 0. The lowest BCUT2D eigenvalue weighted by molar-refractivity contribution is -0.133. The normalized spacial score (nSPS) is 19.1. The van der Waals surface area contributed by atoms with Gasteiger partial charge in [-0.05, 0) is 12.3 Å². The van der Waals surface area contributed by atoms with Gasteiger partial charge in [0.15, 0.2) is 0 Å². The Balaban J connectivity index is 1.21. The van der Waals surface area contributed by atoms with Crippen molar-refractivity contribution >= 4 is 17.2 Å². The molecule has 5 heteroatoms. The largest absolute Gasteiger partial charge is 0.340 e. The van der Waals surface area contributed by atoms with Gasteiger partial charge in [-0.2, -0.15) is 0 Å². The van der Waals surface area contributed by atoms with Crippen LogP contribution >= 0.6 is 11.3 Å². The molecule has 150 valence electrons. The van der Waals surface area contributed by atoms with E-state index in [1.54, 1.807) is 11.3 Å². The van der Waals surface area contributed by atoms with Crippen LogP contribution in [0.4, 0.5) is 0 Å². The van der Waals surface area contributed by atoms with Gasteiger partial charge in [-0.1, -0.05) is 62.4 Å². The van der Waals surface area contributed by atoms with Crippen molar-refractivity contribution in [3.63, 3.8) is 0 Å². The second kappa shape index (κ2) is 9.66. The fourth-order valence-corrected chi connectivity index (χ4v) is 5.28. The first-order chi connectivity index (χ1) is 13.8. The molecule has 1 aliphatic heterocycles. The molecule has 1 amide bonds. The van der Waals surface area contributed by atoms with Crippen molar-refractivity contribution in [2.75, 3.05) is 26.2 Å². The lowest BCUT2D eigenvalue weighted by Gasteiger charge is -2.34. The minimum atomic E-state index is 0.367. The highest BCUT2D eigenvalue weighted by molar-refractivity contribution is 7.09. The third kappa shape index (κ3) is 5.21. The smallest absolute Gasteiger partial charge is 0.222 e. The van der Waals surface area contributed by atoms with Crippen molar-refractivity contribution in [2.24, 2.45) is 5.92 Å². The summed E-state index contributed by atoms with van der Waals surface area (Å²) in [7, 11) is 0. The molecule has 0 unspecified atom stereocenters. The van der Waals surface area contributed by atoms with E-state index >= 15 is 0 Å². The number of benzene rings is 1. The Bertz CT molecular complexity index is 746. The summed E-state index contributed by atoms with van der Waals surface area (Å²) in [4.78, 5) is 21.9. The van der Waals surface area contributed by atoms with Crippen molar-refractivity contribution < 1.29 is 4.79 Å². The van der Waals surface area contributed by atoms with E-state index in [9.17, 15) is 4.79 Å². The van der Waals surface area contributed by atoms with Crippen LogP contribution in [0, 0.1) is 5.92 Å². The second-order valence-corrected chi connectivity index (χ2v) is 9.13. The third-order valence-corrected chi connectivity index (χ3v) is 7.03. The molecule has 0 spiro atoms. The van der Waals surface area contributed by atoms with Crippen LogP contribution in [0.15, 0.2) is 35.7 Å². The highest BCUT2D eigenvalue weighted by Gasteiger charge is 2.23. The van der Waals surface area contributed by atoms with E-state index in [1.165, 1.54) is 37.7 Å². The minimum Gasteiger partial charge on any atom is -0.340 e. The molecule has 0 N–H and O–H groups in total. The molecule has 2 aromatic rings. The molecular formula is C23H31N3OS. The summed E-state index contributed by atoms with van der Waals surface area (Å²) in [5, 5.41) is 3.31. The van der Waals surface area contributed by atoms with Crippen LogP contribution in [0.25, 0.3) is 11.3 Å². The first kappa shape index (κ1) is 19.6. The number of nitrogens with zero attached hydrogens (tertiary/aromatic N) is 3. The Hall–Kier alpha value is -1.72. The average molecular weight is 398 g/mol. The quantitative estimate of drug-likeness (QED) is 0.701. The molecular weight excluding hydrogens is 366 g/mol.